The summed E-state index contributed by atoms with van der Waals surface area (Å²) in [6, 6.07) is 12.3. The summed E-state index contributed by atoms with van der Waals surface area (Å²) >= 11 is 1.30. The molecule has 0 aliphatic heterocycles. The zero-order valence-corrected chi connectivity index (χ0v) is 17.7. The highest BCUT2D eigenvalue weighted by atomic mass is 32.2. The van der Waals surface area contributed by atoms with Crippen LogP contribution in [0.4, 0.5) is 8.78 Å². The maximum atomic E-state index is 12.3. The van der Waals surface area contributed by atoms with Crippen LogP contribution in [0, 0.1) is 20.8 Å². The average molecular weight is 432 g/mol. The van der Waals surface area contributed by atoms with E-state index in [1.54, 1.807) is 12.1 Å². The summed E-state index contributed by atoms with van der Waals surface area (Å²) in [5.74, 6) is 0.839. The Kier molecular flexibility index (Phi) is 7.04. The molecule has 0 bridgehead atoms. The molecule has 30 heavy (non-hydrogen) atoms. The zero-order valence-electron chi connectivity index (χ0n) is 16.9. The van der Waals surface area contributed by atoms with Crippen LogP contribution in [-0.4, -0.2) is 33.0 Å². The van der Waals surface area contributed by atoms with Gasteiger partial charge >= 0.3 is 6.61 Å². The van der Waals surface area contributed by atoms with Crippen LogP contribution < -0.4 is 10.1 Å². The van der Waals surface area contributed by atoms with Gasteiger partial charge in [0.15, 0.2) is 5.16 Å². The molecule has 0 atom stereocenters. The first kappa shape index (κ1) is 21.8. The van der Waals surface area contributed by atoms with Gasteiger partial charge in [-0.25, -0.2) is 0 Å². The maximum Gasteiger partial charge on any atom is 0.387 e. The topological polar surface area (TPSA) is 69.0 Å². The molecule has 1 heterocycles. The van der Waals surface area contributed by atoms with Gasteiger partial charge in [0.05, 0.1) is 11.4 Å². The standard InChI is InChI=1S/C21H22F2N4O2S/c1-13-4-5-14(2)18(10-13)27-15(3)25-26-21(27)30-12-19(28)24-11-16-6-8-17(9-7-16)29-20(22)23/h4-10,20H,11-12H2,1-3H3,(H,24,28). The smallest absolute Gasteiger partial charge is 0.387 e. The Morgan fingerprint density at radius 3 is 2.57 bits per heavy atom. The second kappa shape index (κ2) is 9.71. The fourth-order valence-electron chi connectivity index (χ4n) is 2.84. The van der Waals surface area contributed by atoms with Crippen molar-refractivity contribution in [1.29, 1.82) is 0 Å². The van der Waals surface area contributed by atoms with Crippen molar-refractivity contribution in [2.45, 2.75) is 39.1 Å². The van der Waals surface area contributed by atoms with Crippen LogP contribution in [-0.2, 0) is 11.3 Å². The van der Waals surface area contributed by atoms with Gasteiger partial charge in [-0.05, 0) is 55.7 Å². The maximum absolute atomic E-state index is 12.3. The highest BCUT2D eigenvalue weighted by Gasteiger charge is 2.15. The third-order valence-corrected chi connectivity index (χ3v) is 5.30. The molecule has 0 unspecified atom stereocenters. The Bertz CT molecular complexity index is 1020. The van der Waals surface area contributed by atoms with Gasteiger partial charge in [0.25, 0.3) is 0 Å². The Morgan fingerprint density at radius 1 is 1.13 bits per heavy atom. The predicted octanol–water partition coefficient (Wildman–Crippen LogP) is 4.20. The van der Waals surface area contributed by atoms with Crippen molar-refractivity contribution in [3.63, 3.8) is 0 Å². The third kappa shape index (κ3) is 5.56. The number of halogens is 2. The number of carbonyl (C=O) groups excluding carboxylic acids is 1. The molecular weight excluding hydrogens is 410 g/mol. The van der Waals surface area contributed by atoms with Gasteiger partial charge in [-0.1, -0.05) is 36.0 Å². The molecule has 0 aliphatic rings. The number of hydrogen-bond donors (Lipinski definition) is 1. The van der Waals surface area contributed by atoms with Crippen LogP contribution in [0.3, 0.4) is 0 Å². The molecule has 1 N–H and O–H groups in total. The minimum absolute atomic E-state index is 0.0804. The SMILES string of the molecule is Cc1ccc(C)c(-n2c(C)nnc2SCC(=O)NCc2ccc(OC(F)F)cc2)c1. The van der Waals surface area contributed by atoms with Gasteiger partial charge in [0, 0.05) is 6.54 Å². The molecule has 3 aromatic rings. The predicted molar refractivity (Wildman–Crippen MR) is 111 cm³/mol. The van der Waals surface area contributed by atoms with Crippen molar-refractivity contribution in [3.05, 3.63) is 65.0 Å². The molecule has 0 fully saturated rings. The van der Waals surface area contributed by atoms with Crippen molar-refractivity contribution in [2.24, 2.45) is 0 Å². The fraction of sp³-hybridized carbons (Fsp3) is 0.286. The molecule has 3 rings (SSSR count). The van der Waals surface area contributed by atoms with Crippen molar-refractivity contribution in [1.82, 2.24) is 20.1 Å². The molecule has 6 nitrogen and oxygen atoms in total. The highest BCUT2D eigenvalue weighted by Crippen LogP contribution is 2.24. The molecule has 9 heteroatoms. The molecule has 1 aromatic heterocycles. The number of carbonyl (C=O) groups is 1. The van der Waals surface area contributed by atoms with E-state index in [1.807, 2.05) is 37.5 Å². The summed E-state index contributed by atoms with van der Waals surface area (Å²) in [5.41, 5.74) is 3.99. The van der Waals surface area contributed by atoms with Crippen LogP contribution in [0.2, 0.25) is 0 Å². The molecule has 0 spiro atoms. The van der Waals surface area contributed by atoms with Gasteiger partial charge in [0.1, 0.15) is 11.6 Å². The second-order valence-corrected chi connectivity index (χ2v) is 7.69. The lowest BCUT2D eigenvalue weighted by Gasteiger charge is -2.12. The molecule has 158 valence electrons. The Labute approximate surface area is 177 Å². The lowest BCUT2D eigenvalue weighted by atomic mass is 10.1. The number of hydrogen-bond acceptors (Lipinski definition) is 5. The number of aryl methyl sites for hydroxylation is 3. The van der Waals surface area contributed by atoms with Crippen LogP contribution in [0.1, 0.15) is 22.5 Å². The zero-order chi connectivity index (χ0) is 21.7. The van der Waals surface area contributed by atoms with Gasteiger partial charge in [-0.3, -0.25) is 9.36 Å². The lowest BCUT2D eigenvalue weighted by Crippen LogP contribution is -2.24. The molecule has 1 amide bonds. The summed E-state index contributed by atoms with van der Waals surface area (Å²) in [4.78, 5) is 12.3. The van der Waals surface area contributed by atoms with Crippen molar-refractivity contribution in [2.75, 3.05) is 5.75 Å². The first-order valence-electron chi connectivity index (χ1n) is 9.26. The molecule has 0 saturated heterocycles. The van der Waals surface area contributed by atoms with E-state index in [9.17, 15) is 13.6 Å². The Morgan fingerprint density at radius 2 is 1.87 bits per heavy atom. The molecule has 0 saturated carbocycles. The third-order valence-electron chi connectivity index (χ3n) is 4.37. The van der Waals surface area contributed by atoms with E-state index in [2.05, 4.69) is 26.3 Å². The Balaban J connectivity index is 1.59. The summed E-state index contributed by atoms with van der Waals surface area (Å²) < 4.78 is 30.6. The second-order valence-electron chi connectivity index (χ2n) is 6.74. The van der Waals surface area contributed by atoms with Gasteiger partial charge < -0.3 is 10.1 Å². The van der Waals surface area contributed by atoms with E-state index < -0.39 is 6.61 Å². The number of thioether (sulfide) groups is 1. The van der Waals surface area contributed by atoms with Gasteiger partial charge in [0.2, 0.25) is 5.91 Å². The number of benzene rings is 2. The van der Waals surface area contributed by atoms with Gasteiger partial charge in [-0.2, -0.15) is 8.78 Å². The Hall–Kier alpha value is -2.94. The van der Waals surface area contributed by atoms with E-state index in [-0.39, 0.29) is 24.0 Å². The first-order chi connectivity index (χ1) is 14.3. The first-order valence-corrected chi connectivity index (χ1v) is 10.2. The number of nitrogens with zero attached hydrogens (tertiary/aromatic N) is 3. The highest BCUT2D eigenvalue weighted by molar-refractivity contribution is 7.99. The minimum Gasteiger partial charge on any atom is -0.435 e. The monoisotopic (exact) mass is 432 g/mol. The molecule has 0 radical (unpaired) electrons. The largest absolute Gasteiger partial charge is 0.435 e. The van der Waals surface area contributed by atoms with Crippen LogP contribution >= 0.6 is 11.8 Å². The number of ether oxygens (including phenoxy) is 1. The number of aromatic nitrogens is 3. The van der Waals surface area contributed by atoms with E-state index >= 15 is 0 Å². The summed E-state index contributed by atoms with van der Waals surface area (Å²) in [6.07, 6.45) is 0. The van der Waals surface area contributed by atoms with Crippen LogP contribution in [0.25, 0.3) is 5.69 Å². The van der Waals surface area contributed by atoms with Gasteiger partial charge in [-0.15, -0.1) is 10.2 Å². The summed E-state index contributed by atoms with van der Waals surface area (Å²) in [6.45, 7) is 3.35. The summed E-state index contributed by atoms with van der Waals surface area (Å²) in [5, 5.41) is 11.8. The van der Waals surface area contributed by atoms with Crippen molar-refractivity contribution in [3.8, 4) is 11.4 Å². The molecular formula is C21H22F2N4O2S. The molecule has 2 aromatic carbocycles. The van der Waals surface area contributed by atoms with Crippen molar-refractivity contribution < 1.29 is 18.3 Å². The van der Waals surface area contributed by atoms with E-state index in [4.69, 9.17) is 0 Å². The van der Waals surface area contributed by atoms with E-state index in [0.717, 1.165) is 28.2 Å². The van der Waals surface area contributed by atoms with E-state index in [0.29, 0.717) is 5.16 Å². The van der Waals surface area contributed by atoms with Crippen molar-refractivity contribution >= 4 is 17.7 Å². The quantitative estimate of drug-likeness (QED) is 0.540. The van der Waals surface area contributed by atoms with Crippen LogP contribution in [0.5, 0.6) is 5.75 Å². The summed E-state index contributed by atoms with van der Waals surface area (Å²) in [7, 11) is 0. The fourth-order valence-corrected chi connectivity index (χ4v) is 3.66. The number of nitrogens with one attached hydrogen (secondary N) is 1. The lowest BCUT2D eigenvalue weighted by molar-refractivity contribution is -0.118. The molecule has 0 aliphatic carbocycles. The van der Waals surface area contributed by atoms with Crippen LogP contribution in [0.15, 0.2) is 47.6 Å². The number of alkyl halides is 2. The minimum atomic E-state index is -2.86. The van der Waals surface area contributed by atoms with E-state index in [1.165, 1.54) is 23.9 Å². The average Bonchev–Trinajstić information content (AvgIpc) is 3.07. The normalized spacial score (nSPS) is 11.0. The number of amides is 1. The number of rotatable bonds is 8.